The van der Waals surface area contributed by atoms with Crippen LogP contribution in [0.15, 0.2) is 36.7 Å². The number of amides is 1. The highest BCUT2D eigenvalue weighted by Crippen LogP contribution is 2.25. The van der Waals surface area contributed by atoms with Gasteiger partial charge in [0.1, 0.15) is 23.6 Å². The summed E-state index contributed by atoms with van der Waals surface area (Å²) >= 11 is 0. The molecule has 0 atom stereocenters. The Hall–Kier alpha value is -3.62. The van der Waals surface area contributed by atoms with Crippen molar-refractivity contribution in [1.82, 2.24) is 24.5 Å². The van der Waals surface area contributed by atoms with E-state index in [0.717, 1.165) is 17.1 Å². The van der Waals surface area contributed by atoms with Crippen LogP contribution in [-0.2, 0) is 4.79 Å². The first-order chi connectivity index (χ1) is 14.6. The second kappa shape index (κ2) is 8.40. The molecule has 0 N–H and O–H groups in total. The highest BCUT2D eigenvalue weighted by molar-refractivity contribution is 5.92. The van der Waals surface area contributed by atoms with E-state index >= 15 is 0 Å². The van der Waals surface area contributed by atoms with Crippen LogP contribution in [-0.4, -0.2) is 70.8 Å². The Morgan fingerprint density at radius 2 is 1.90 bits per heavy atom. The van der Waals surface area contributed by atoms with Gasteiger partial charge in [-0.15, -0.1) is 0 Å². The first-order valence-corrected chi connectivity index (χ1v) is 9.70. The summed E-state index contributed by atoms with van der Waals surface area (Å²) in [6.07, 6.45) is 4.87. The SMILES string of the molecule is COc1ccc(/C=C/C(=O)N2CCN(c3cc(C)nc4ncnn34)CC2)c(OC)c1. The number of hydrogen-bond acceptors (Lipinski definition) is 7. The first kappa shape index (κ1) is 19.7. The highest BCUT2D eigenvalue weighted by Gasteiger charge is 2.22. The van der Waals surface area contributed by atoms with E-state index in [-0.39, 0.29) is 5.91 Å². The molecule has 30 heavy (non-hydrogen) atoms. The van der Waals surface area contributed by atoms with Gasteiger partial charge in [-0.3, -0.25) is 4.79 Å². The number of piperazine rings is 1. The lowest BCUT2D eigenvalue weighted by molar-refractivity contribution is -0.126. The average molecular weight is 408 g/mol. The van der Waals surface area contributed by atoms with Crippen LogP contribution >= 0.6 is 0 Å². The zero-order valence-corrected chi connectivity index (χ0v) is 17.3. The third-order valence-corrected chi connectivity index (χ3v) is 5.12. The van der Waals surface area contributed by atoms with Crippen molar-refractivity contribution < 1.29 is 14.3 Å². The first-order valence-electron chi connectivity index (χ1n) is 9.70. The van der Waals surface area contributed by atoms with E-state index in [1.165, 1.54) is 6.33 Å². The molecule has 1 aliphatic heterocycles. The highest BCUT2D eigenvalue weighted by atomic mass is 16.5. The summed E-state index contributed by atoms with van der Waals surface area (Å²) in [5, 5.41) is 4.27. The molecule has 0 unspecified atom stereocenters. The number of aryl methyl sites for hydroxylation is 1. The lowest BCUT2D eigenvalue weighted by Gasteiger charge is -2.35. The van der Waals surface area contributed by atoms with Gasteiger partial charge in [-0.25, -0.2) is 4.98 Å². The smallest absolute Gasteiger partial charge is 0.254 e. The van der Waals surface area contributed by atoms with Gasteiger partial charge < -0.3 is 19.3 Å². The van der Waals surface area contributed by atoms with Crippen molar-refractivity contribution >= 4 is 23.6 Å². The van der Waals surface area contributed by atoms with Crippen molar-refractivity contribution in [1.29, 1.82) is 0 Å². The molecule has 1 fully saturated rings. The van der Waals surface area contributed by atoms with E-state index in [2.05, 4.69) is 20.0 Å². The van der Waals surface area contributed by atoms with E-state index in [0.29, 0.717) is 43.5 Å². The molecule has 0 bridgehead atoms. The average Bonchev–Trinajstić information content (AvgIpc) is 3.25. The Kier molecular flexibility index (Phi) is 5.51. The lowest BCUT2D eigenvalue weighted by atomic mass is 10.1. The summed E-state index contributed by atoms with van der Waals surface area (Å²) in [4.78, 5) is 25.3. The third kappa shape index (κ3) is 3.91. The fraction of sp³-hybridized carbons (Fsp3) is 0.333. The minimum Gasteiger partial charge on any atom is -0.497 e. The number of benzene rings is 1. The van der Waals surface area contributed by atoms with Crippen LogP contribution in [0.3, 0.4) is 0 Å². The minimum atomic E-state index is -0.0238. The summed E-state index contributed by atoms with van der Waals surface area (Å²) in [5.41, 5.74) is 1.71. The van der Waals surface area contributed by atoms with E-state index in [9.17, 15) is 4.79 Å². The fourth-order valence-electron chi connectivity index (χ4n) is 3.52. The molecule has 1 aliphatic rings. The maximum Gasteiger partial charge on any atom is 0.254 e. The van der Waals surface area contributed by atoms with E-state index in [4.69, 9.17) is 9.47 Å². The van der Waals surface area contributed by atoms with Crippen molar-refractivity contribution in [3.8, 4) is 11.5 Å². The van der Waals surface area contributed by atoms with Crippen LogP contribution in [0.1, 0.15) is 11.3 Å². The molecule has 9 nitrogen and oxygen atoms in total. The number of hydrogen-bond donors (Lipinski definition) is 0. The second-order valence-corrected chi connectivity index (χ2v) is 6.98. The van der Waals surface area contributed by atoms with E-state index < -0.39 is 0 Å². The predicted octanol–water partition coefficient (Wildman–Crippen LogP) is 1.81. The van der Waals surface area contributed by atoms with E-state index in [1.807, 2.05) is 30.0 Å². The van der Waals surface area contributed by atoms with Crippen molar-refractivity contribution in [2.45, 2.75) is 6.92 Å². The van der Waals surface area contributed by atoms with Gasteiger partial charge in [-0.1, -0.05) is 0 Å². The van der Waals surface area contributed by atoms with Gasteiger partial charge in [0.25, 0.3) is 5.78 Å². The second-order valence-electron chi connectivity index (χ2n) is 6.98. The Labute approximate surface area is 174 Å². The molecule has 4 rings (SSSR count). The van der Waals surface area contributed by atoms with Crippen LogP contribution in [0.2, 0.25) is 0 Å². The van der Waals surface area contributed by atoms with Gasteiger partial charge in [0.15, 0.2) is 0 Å². The largest absolute Gasteiger partial charge is 0.497 e. The quantitative estimate of drug-likeness (QED) is 0.595. The molecule has 0 saturated carbocycles. The summed E-state index contributed by atoms with van der Waals surface area (Å²) in [6, 6.07) is 7.50. The van der Waals surface area contributed by atoms with Crippen LogP contribution in [0.4, 0.5) is 5.82 Å². The number of ether oxygens (including phenoxy) is 2. The maximum absolute atomic E-state index is 12.7. The molecule has 1 saturated heterocycles. The van der Waals surface area contributed by atoms with Gasteiger partial charge in [0.2, 0.25) is 5.91 Å². The number of fused-ring (bicyclic) bond motifs is 1. The van der Waals surface area contributed by atoms with Gasteiger partial charge in [-0.2, -0.15) is 14.6 Å². The van der Waals surface area contributed by atoms with Crippen LogP contribution in [0.5, 0.6) is 11.5 Å². The number of nitrogens with zero attached hydrogens (tertiary/aromatic N) is 6. The molecule has 1 amide bonds. The third-order valence-electron chi connectivity index (χ3n) is 5.12. The molecule has 0 radical (unpaired) electrons. The monoisotopic (exact) mass is 408 g/mol. The van der Waals surface area contributed by atoms with Crippen LogP contribution in [0.25, 0.3) is 11.9 Å². The minimum absolute atomic E-state index is 0.0238. The van der Waals surface area contributed by atoms with Crippen LogP contribution in [0, 0.1) is 6.92 Å². The molecule has 0 spiro atoms. The Bertz CT molecular complexity index is 1090. The summed E-state index contributed by atoms with van der Waals surface area (Å²) in [7, 11) is 3.20. The zero-order chi connectivity index (χ0) is 21.1. The normalized spacial score (nSPS) is 14.5. The number of rotatable bonds is 5. The summed E-state index contributed by atoms with van der Waals surface area (Å²) in [6.45, 7) is 4.62. The summed E-state index contributed by atoms with van der Waals surface area (Å²) < 4.78 is 12.3. The molecular weight excluding hydrogens is 384 g/mol. The predicted molar refractivity (Wildman–Crippen MR) is 113 cm³/mol. The fourth-order valence-corrected chi connectivity index (χ4v) is 3.52. The number of anilines is 1. The topological polar surface area (TPSA) is 85.1 Å². The van der Waals surface area contributed by atoms with Crippen LogP contribution < -0.4 is 14.4 Å². The molecule has 156 valence electrons. The van der Waals surface area contributed by atoms with Gasteiger partial charge in [0, 0.05) is 55.6 Å². The molecular formula is C21H24N6O3. The van der Waals surface area contributed by atoms with Gasteiger partial charge in [-0.05, 0) is 25.1 Å². The number of carbonyl (C=O) groups excluding carboxylic acids is 1. The summed E-state index contributed by atoms with van der Waals surface area (Å²) in [5.74, 6) is 2.87. The molecule has 3 heterocycles. The zero-order valence-electron chi connectivity index (χ0n) is 17.3. The number of methoxy groups -OCH3 is 2. The van der Waals surface area contributed by atoms with Gasteiger partial charge in [0.05, 0.1) is 14.2 Å². The van der Waals surface area contributed by atoms with E-state index in [1.54, 1.807) is 37.0 Å². The van der Waals surface area contributed by atoms with Gasteiger partial charge >= 0.3 is 0 Å². The standard InChI is InChI=1S/C21H24N6O3/c1-15-12-19(27-21(24-15)22-14-23-27)25-8-10-26(11-9-25)20(28)7-5-16-4-6-17(29-2)13-18(16)30-3/h4-7,12-14H,8-11H2,1-3H3/b7-5+. The number of aromatic nitrogens is 4. The molecule has 3 aromatic rings. The van der Waals surface area contributed by atoms with Crippen molar-refractivity contribution in [3.63, 3.8) is 0 Å². The van der Waals surface area contributed by atoms with Crippen molar-refractivity contribution in [2.24, 2.45) is 0 Å². The Morgan fingerprint density at radius 1 is 1.10 bits per heavy atom. The molecule has 0 aliphatic carbocycles. The Balaban J connectivity index is 1.42. The molecule has 9 heteroatoms. The number of carbonyl (C=O) groups is 1. The molecule has 1 aromatic carbocycles. The Morgan fingerprint density at radius 3 is 2.63 bits per heavy atom. The lowest BCUT2D eigenvalue weighted by Crippen LogP contribution is -2.48. The maximum atomic E-state index is 12.7. The molecule has 2 aromatic heterocycles. The van der Waals surface area contributed by atoms with Crippen molar-refractivity contribution in [3.05, 3.63) is 47.9 Å². The van der Waals surface area contributed by atoms with Crippen molar-refractivity contribution in [2.75, 3.05) is 45.3 Å².